The smallest absolute Gasteiger partial charge is 0.261 e. The van der Waals surface area contributed by atoms with Gasteiger partial charge in [0.1, 0.15) is 0 Å². The van der Waals surface area contributed by atoms with E-state index in [1.165, 1.54) is 23.5 Å². The van der Waals surface area contributed by atoms with Crippen molar-refractivity contribution in [3.8, 4) is 22.4 Å². The number of anilines is 2. The lowest BCUT2D eigenvalue weighted by Crippen LogP contribution is -2.14. The van der Waals surface area contributed by atoms with Crippen LogP contribution in [0.4, 0.5) is 10.8 Å². The minimum absolute atomic E-state index is 0.168. The minimum Gasteiger partial charge on any atom is -0.298 e. The fourth-order valence-electron chi connectivity index (χ4n) is 3.60. The molecule has 0 spiro atoms. The van der Waals surface area contributed by atoms with Crippen LogP contribution in [0.1, 0.15) is 10.4 Å². The molecule has 0 aliphatic carbocycles. The van der Waals surface area contributed by atoms with Crippen molar-refractivity contribution >= 4 is 38.1 Å². The van der Waals surface area contributed by atoms with Crippen LogP contribution in [0.3, 0.4) is 0 Å². The lowest BCUT2D eigenvalue weighted by atomic mass is 10.0. The van der Waals surface area contributed by atoms with E-state index in [0.717, 1.165) is 22.4 Å². The van der Waals surface area contributed by atoms with Gasteiger partial charge in [0.25, 0.3) is 15.9 Å². The number of hydrogen-bond donors (Lipinski definition) is 2. The molecule has 0 atom stereocenters. The molecule has 0 saturated carbocycles. The second-order valence-electron chi connectivity index (χ2n) is 7.93. The van der Waals surface area contributed by atoms with Crippen LogP contribution in [0.15, 0.2) is 119 Å². The van der Waals surface area contributed by atoms with E-state index in [1.54, 1.807) is 42.5 Å². The van der Waals surface area contributed by atoms with Gasteiger partial charge in [0, 0.05) is 22.2 Å². The summed E-state index contributed by atoms with van der Waals surface area (Å²) >= 11 is 1.34. The van der Waals surface area contributed by atoms with Crippen LogP contribution in [0.25, 0.3) is 22.4 Å². The number of nitrogens with one attached hydrogen (secondary N) is 2. The average Bonchev–Trinajstić information content (AvgIpc) is 3.38. The predicted octanol–water partition coefficient (Wildman–Crippen LogP) is 6.53. The first-order chi connectivity index (χ1) is 17.5. The molecular formula is C28H21N3O3S2. The third-order valence-electron chi connectivity index (χ3n) is 5.47. The molecule has 0 unspecified atom stereocenters. The van der Waals surface area contributed by atoms with Gasteiger partial charge in [-0.2, -0.15) is 0 Å². The summed E-state index contributed by atoms with van der Waals surface area (Å²) in [7, 11) is -3.70. The first kappa shape index (κ1) is 23.5. The van der Waals surface area contributed by atoms with Gasteiger partial charge >= 0.3 is 0 Å². The number of carbonyl (C=O) groups excluding carboxylic acids is 1. The Kier molecular flexibility index (Phi) is 6.62. The average molecular weight is 512 g/mol. The highest BCUT2D eigenvalue weighted by Crippen LogP contribution is 2.28. The first-order valence-electron chi connectivity index (χ1n) is 11.1. The van der Waals surface area contributed by atoms with Gasteiger partial charge in [0.15, 0.2) is 5.13 Å². The highest BCUT2D eigenvalue weighted by atomic mass is 32.2. The molecule has 6 nitrogen and oxygen atoms in total. The maximum atomic E-state index is 12.7. The second-order valence-corrected chi connectivity index (χ2v) is 10.5. The Balaban J connectivity index is 1.23. The molecular weight excluding hydrogens is 490 g/mol. The molecule has 178 valence electrons. The Hall–Kier alpha value is -4.27. The van der Waals surface area contributed by atoms with Crippen LogP contribution in [-0.4, -0.2) is 19.3 Å². The van der Waals surface area contributed by atoms with E-state index in [9.17, 15) is 13.2 Å². The fraction of sp³-hybridized carbons (Fsp3) is 0. The third-order valence-corrected chi connectivity index (χ3v) is 7.62. The lowest BCUT2D eigenvalue weighted by molar-refractivity contribution is 0.102. The van der Waals surface area contributed by atoms with Crippen molar-refractivity contribution in [3.05, 3.63) is 120 Å². The zero-order chi connectivity index (χ0) is 25.0. The van der Waals surface area contributed by atoms with Crippen LogP contribution in [0.5, 0.6) is 0 Å². The molecule has 36 heavy (non-hydrogen) atoms. The molecule has 0 radical (unpaired) electrons. The summed E-state index contributed by atoms with van der Waals surface area (Å²) in [5, 5.41) is 5.19. The van der Waals surface area contributed by atoms with E-state index in [4.69, 9.17) is 0 Å². The lowest BCUT2D eigenvalue weighted by Gasteiger charge is -2.08. The van der Waals surface area contributed by atoms with E-state index >= 15 is 0 Å². The summed E-state index contributed by atoms with van der Waals surface area (Å²) in [5.74, 6) is -0.326. The molecule has 0 aliphatic heterocycles. The molecule has 0 bridgehead atoms. The van der Waals surface area contributed by atoms with Gasteiger partial charge in [-0.1, -0.05) is 72.8 Å². The molecule has 4 aromatic carbocycles. The molecule has 5 aromatic rings. The summed E-state index contributed by atoms with van der Waals surface area (Å²) in [6, 6.07) is 32.6. The Morgan fingerprint density at radius 3 is 1.94 bits per heavy atom. The molecule has 1 heterocycles. The highest BCUT2D eigenvalue weighted by Gasteiger charge is 2.15. The first-order valence-corrected chi connectivity index (χ1v) is 13.4. The number of thiazole rings is 1. The van der Waals surface area contributed by atoms with Gasteiger partial charge in [-0.3, -0.25) is 14.8 Å². The van der Waals surface area contributed by atoms with Crippen molar-refractivity contribution in [1.29, 1.82) is 0 Å². The molecule has 2 N–H and O–H groups in total. The molecule has 8 heteroatoms. The molecule has 1 amide bonds. The van der Waals surface area contributed by atoms with E-state index < -0.39 is 10.0 Å². The Bertz CT molecular complexity index is 1580. The zero-order valence-electron chi connectivity index (χ0n) is 19.0. The van der Waals surface area contributed by atoms with Crippen LogP contribution in [0.2, 0.25) is 0 Å². The molecule has 0 fully saturated rings. The van der Waals surface area contributed by atoms with Crippen molar-refractivity contribution in [2.45, 2.75) is 4.90 Å². The summed E-state index contributed by atoms with van der Waals surface area (Å²) in [5.41, 5.74) is 4.77. The quantitative estimate of drug-likeness (QED) is 0.260. The molecule has 0 aliphatic rings. The maximum Gasteiger partial charge on any atom is 0.261 e. The highest BCUT2D eigenvalue weighted by molar-refractivity contribution is 7.92. The number of hydrogen-bond acceptors (Lipinski definition) is 5. The number of amides is 1. The number of carbonyl (C=O) groups is 1. The fourth-order valence-corrected chi connectivity index (χ4v) is 5.39. The third kappa shape index (κ3) is 5.35. The normalized spacial score (nSPS) is 11.1. The number of sulfonamides is 1. The Morgan fingerprint density at radius 1 is 0.694 bits per heavy atom. The minimum atomic E-state index is -3.70. The van der Waals surface area contributed by atoms with Crippen molar-refractivity contribution in [2.24, 2.45) is 0 Å². The predicted molar refractivity (Wildman–Crippen MR) is 145 cm³/mol. The molecule has 1 aromatic heterocycles. The topological polar surface area (TPSA) is 88.2 Å². The molecule has 0 saturated heterocycles. The van der Waals surface area contributed by atoms with E-state index in [0.29, 0.717) is 16.4 Å². The van der Waals surface area contributed by atoms with Gasteiger partial charge in [-0.25, -0.2) is 13.4 Å². The van der Waals surface area contributed by atoms with Crippen LogP contribution in [-0.2, 0) is 10.0 Å². The number of nitrogens with zero attached hydrogens (tertiary/aromatic N) is 1. The Morgan fingerprint density at radius 2 is 1.28 bits per heavy atom. The van der Waals surface area contributed by atoms with Crippen LogP contribution < -0.4 is 10.0 Å². The SMILES string of the molecule is O=C(Nc1nc(-c2ccc(-c3ccccc3)cc2)cs1)c1ccc(NS(=O)(=O)c2ccccc2)cc1. The summed E-state index contributed by atoms with van der Waals surface area (Å²) in [6.45, 7) is 0. The number of aromatic nitrogens is 1. The van der Waals surface area contributed by atoms with Crippen molar-refractivity contribution in [2.75, 3.05) is 10.0 Å². The van der Waals surface area contributed by atoms with Crippen molar-refractivity contribution in [3.63, 3.8) is 0 Å². The monoisotopic (exact) mass is 511 g/mol. The van der Waals surface area contributed by atoms with Crippen LogP contribution in [0, 0.1) is 0 Å². The summed E-state index contributed by atoms with van der Waals surface area (Å²) in [6.07, 6.45) is 0. The van der Waals surface area contributed by atoms with E-state index in [2.05, 4.69) is 39.3 Å². The largest absolute Gasteiger partial charge is 0.298 e. The Labute approximate surface area is 213 Å². The van der Waals surface area contributed by atoms with E-state index in [-0.39, 0.29) is 10.8 Å². The van der Waals surface area contributed by atoms with Gasteiger partial charge in [-0.15, -0.1) is 11.3 Å². The van der Waals surface area contributed by atoms with Gasteiger partial charge < -0.3 is 0 Å². The van der Waals surface area contributed by atoms with E-state index in [1.807, 2.05) is 35.7 Å². The zero-order valence-corrected chi connectivity index (χ0v) is 20.6. The number of benzene rings is 4. The van der Waals surface area contributed by atoms with Crippen molar-refractivity contribution < 1.29 is 13.2 Å². The van der Waals surface area contributed by atoms with Gasteiger partial charge in [-0.05, 0) is 47.5 Å². The van der Waals surface area contributed by atoms with Gasteiger partial charge in [0.05, 0.1) is 10.6 Å². The standard InChI is InChI=1S/C28H21N3O3S2/c32-27(23-15-17-24(18-16-23)31-36(33,34)25-9-5-2-6-10-25)30-28-29-26(19-35-28)22-13-11-21(12-14-22)20-7-3-1-4-8-20/h1-19,31H,(H,29,30,32). The maximum absolute atomic E-state index is 12.7. The summed E-state index contributed by atoms with van der Waals surface area (Å²) in [4.78, 5) is 17.4. The van der Waals surface area contributed by atoms with Crippen LogP contribution >= 0.6 is 11.3 Å². The van der Waals surface area contributed by atoms with Crippen molar-refractivity contribution in [1.82, 2.24) is 4.98 Å². The second kappa shape index (κ2) is 10.2. The number of rotatable bonds is 7. The summed E-state index contributed by atoms with van der Waals surface area (Å²) < 4.78 is 27.5. The van der Waals surface area contributed by atoms with Gasteiger partial charge in [0.2, 0.25) is 0 Å². The molecule has 5 rings (SSSR count).